The molecule has 0 saturated heterocycles. The quantitative estimate of drug-likeness (QED) is 0.748. The summed E-state index contributed by atoms with van der Waals surface area (Å²) in [6, 6.07) is 7.18. The van der Waals surface area contributed by atoms with E-state index in [0.29, 0.717) is 24.3 Å². The van der Waals surface area contributed by atoms with Crippen LogP contribution in [0.25, 0.3) is 0 Å². The number of hydrogen-bond acceptors (Lipinski definition) is 4. The van der Waals surface area contributed by atoms with Gasteiger partial charge in [0.05, 0.1) is 12.1 Å². The van der Waals surface area contributed by atoms with Crippen LogP contribution in [0, 0.1) is 0 Å². The maximum atomic E-state index is 12.3. The highest BCUT2D eigenvalue weighted by Crippen LogP contribution is 2.31. The average molecular weight is 348 g/mol. The number of hydrogen-bond donors (Lipinski definition) is 2. The van der Waals surface area contributed by atoms with Crippen molar-refractivity contribution in [2.45, 2.75) is 45.1 Å². The highest BCUT2D eigenvalue weighted by atomic mass is 16.5. The fourth-order valence-electron chi connectivity index (χ4n) is 2.98. The number of amides is 2. The van der Waals surface area contributed by atoms with Gasteiger partial charge < -0.3 is 20.1 Å². The van der Waals surface area contributed by atoms with Crippen molar-refractivity contribution in [3.05, 3.63) is 24.3 Å². The Bertz CT molecular complexity index is 655. The Balaban J connectivity index is 2.02. The summed E-state index contributed by atoms with van der Waals surface area (Å²) < 4.78 is 5.37. The van der Waals surface area contributed by atoms with Crippen LogP contribution >= 0.6 is 0 Å². The highest BCUT2D eigenvalue weighted by molar-refractivity contribution is 5.98. The van der Waals surface area contributed by atoms with Gasteiger partial charge in [-0.2, -0.15) is 0 Å². The summed E-state index contributed by atoms with van der Waals surface area (Å²) >= 11 is 0. The Morgan fingerprint density at radius 1 is 1.28 bits per heavy atom. The maximum absolute atomic E-state index is 12.3. The van der Waals surface area contributed by atoms with E-state index >= 15 is 0 Å². The van der Waals surface area contributed by atoms with Crippen LogP contribution in [0.3, 0.4) is 0 Å². The molecule has 1 aliphatic heterocycles. The number of anilines is 1. The predicted octanol–water partition coefficient (Wildman–Crippen LogP) is 1.95. The first-order valence-corrected chi connectivity index (χ1v) is 8.46. The second kappa shape index (κ2) is 8.00. The second-order valence-electron chi connectivity index (χ2n) is 6.16. The summed E-state index contributed by atoms with van der Waals surface area (Å²) in [6.45, 7) is 3.88. The van der Waals surface area contributed by atoms with E-state index in [1.165, 1.54) is 4.90 Å². The van der Waals surface area contributed by atoms with Crippen LogP contribution in [0.1, 0.15) is 39.5 Å². The van der Waals surface area contributed by atoms with Crippen molar-refractivity contribution in [2.75, 3.05) is 18.1 Å². The van der Waals surface area contributed by atoms with Gasteiger partial charge in [0.25, 0.3) is 5.91 Å². The first-order valence-electron chi connectivity index (χ1n) is 8.46. The van der Waals surface area contributed by atoms with E-state index in [2.05, 4.69) is 5.32 Å². The number of nitrogens with zero attached hydrogens (tertiary/aromatic N) is 1. The molecule has 1 aromatic carbocycles. The molecule has 0 fully saturated rings. The van der Waals surface area contributed by atoms with Crippen molar-refractivity contribution in [3.8, 4) is 5.75 Å². The zero-order chi connectivity index (χ0) is 18.4. The normalized spacial score (nSPS) is 13.8. The van der Waals surface area contributed by atoms with Crippen LogP contribution < -0.4 is 15.0 Å². The van der Waals surface area contributed by atoms with Gasteiger partial charge in [0.15, 0.2) is 6.61 Å². The molecule has 2 N–H and O–H groups in total. The highest BCUT2D eigenvalue weighted by Gasteiger charge is 2.31. The molecule has 2 amide bonds. The number of aliphatic carboxylic acids is 1. The van der Waals surface area contributed by atoms with Gasteiger partial charge in [0.2, 0.25) is 5.91 Å². The third-order valence-corrected chi connectivity index (χ3v) is 4.62. The van der Waals surface area contributed by atoms with E-state index in [9.17, 15) is 14.4 Å². The van der Waals surface area contributed by atoms with Gasteiger partial charge >= 0.3 is 5.97 Å². The molecule has 0 unspecified atom stereocenters. The minimum absolute atomic E-state index is 0.0501. The predicted molar refractivity (Wildman–Crippen MR) is 92.6 cm³/mol. The first kappa shape index (κ1) is 18.8. The molecule has 0 radical (unpaired) electrons. The van der Waals surface area contributed by atoms with Crippen molar-refractivity contribution in [3.63, 3.8) is 0 Å². The minimum atomic E-state index is -0.943. The molecule has 0 aromatic heterocycles. The molecule has 136 valence electrons. The largest absolute Gasteiger partial charge is 0.482 e. The van der Waals surface area contributed by atoms with Gasteiger partial charge in [-0.1, -0.05) is 26.0 Å². The number of carboxylic acid groups (broad SMARTS) is 1. The van der Waals surface area contributed by atoms with Crippen molar-refractivity contribution in [2.24, 2.45) is 0 Å². The van der Waals surface area contributed by atoms with Gasteiger partial charge in [0, 0.05) is 18.5 Å². The summed E-state index contributed by atoms with van der Waals surface area (Å²) in [6.07, 6.45) is 1.04. The lowest BCUT2D eigenvalue weighted by Crippen LogP contribution is -2.50. The summed E-state index contributed by atoms with van der Waals surface area (Å²) in [5, 5.41) is 11.9. The maximum Gasteiger partial charge on any atom is 0.305 e. The third kappa shape index (κ3) is 4.49. The number of ether oxygens (including phenoxy) is 1. The number of rotatable bonds is 8. The van der Waals surface area contributed by atoms with Gasteiger partial charge in [-0.05, 0) is 25.0 Å². The number of carbonyl (C=O) groups is 3. The monoisotopic (exact) mass is 348 g/mol. The van der Waals surface area contributed by atoms with E-state index < -0.39 is 11.5 Å². The van der Waals surface area contributed by atoms with Crippen LogP contribution in [-0.4, -0.2) is 41.6 Å². The van der Waals surface area contributed by atoms with Crippen LogP contribution in [0.15, 0.2) is 24.3 Å². The fourth-order valence-corrected chi connectivity index (χ4v) is 2.98. The average Bonchev–Trinajstić information content (AvgIpc) is 2.59. The molecule has 0 aliphatic carbocycles. The van der Waals surface area contributed by atoms with Gasteiger partial charge in [-0.15, -0.1) is 0 Å². The molecular weight excluding hydrogens is 324 g/mol. The van der Waals surface area contributed by atoms with Crippen LogP contribution in [-0.2, 0) is 14.4 Å². The molecule has 0 atom stereocenters. The topological polar surface area (TPSA) is 95.9 Å². The zero-order valence-corrected chi connectivity index (χ0v) is 14.6. The number of para-hydroxylation sites is 2. The molecule has 7 nitrogen and oxygen atoms in total. The Morgan fingerprint density at radius 3 is 2.60 bits per heavy atom. The molecule has 2 rings (SSSR count). The Morgan fingerprint density at radius 2 is 1.96 bits per heavy atom. The van der Waals surface area contributed by atoms with Gasteiger partial charge in [-0.3, -0.25) is 14.4 Å². The van der Waals surface area contributed by atoms with Crippen molar-refractivity contribution < 1.29 is 24.2 Å². The summed E-state index contributed by atoms with van der Waals surface area (Å²) in [7, 11) is 0. The molecule has 1 aliphatic rings. The van der Waals surface area contributed by atoms with Crippen molar-refractivity contribution in [1.29, 1.82) is 0 Å². The Hall–Kier alpha value is -2.57. The van der Waals surface area contributed by atoms with Crippen LogP contribution in [0.2, 0.25) is 0 Å². The molecule has 0 spiro atoms. The van der Waals surface area contributed by atoms with E-state index in [1.807, 2.05) is 19.9 Å². The minimum Gasteiger partial charge on any atom is -0.482 e. The summed E-state index contributed by atoms with van der Waals surface area (Å²) in [4.78, 5) is 37.1. The second-order valence-corrected chi connectivity index (χ2v) is 6.16. The standard InChI is InChI=1S/C18H24N2O5/c1-3-18(4-2,11-17(23)24)19-15(21)9-10-20-13-7-5-6-8-14(13)25-12-16(20)22/h5-8H,3-4,9-12H2,1-2H3,(H,19,21)(H,23,24). The van der Waals surface area contributed by atoms with Crippen molar-refractivity contribution in [1.82, 2.24) is 5.32 Å². The molecule has 0 saturated carbocycles. The van der Waals surface area contributed by atoms with Crippen molar-refractivity contribution >= 4 is 23.5 Å². The zero-order valence-electron chi connectivity index (χ0n) is 14.6. The number of fused-ring (bicyclic) bond motifs is 1. The fraction of sp³-hybridized carbons (Fsp3) is 0.500. The molecule has 0 bridgehead atoms. The van der Waals surface area contributed by atoms with Gasteiger partial charge in [0.1, 0.15) is 5.75 Å². The van der Waals surface area contributed by atoms with E-state index in [4.69, 9.17) is 9.84 Å². The molecule has 25 heavy (non-hydrogen) atoms. The van der Waals surface area contributed by atoms with Gasteiger partial charge in [-0.25, -0.2) is 0 Å². The van der Waals surface area contributed by atoms with E-state index in [-0.39, 0.29) is 37.8 Å². The van der Waals surface area contributed by atoms with E-state index in [1.54, 1.807) is 18.2 Å². The molecular formula is C18H24N2O5. The lowest BCUT2D eigenvalue weighted by molar-refractivity contribution is -0.139. The summed E-state index contributed by atoms with van der Waals surface area (Å²) in [5.41, 5.74) is -0.107. The summed E-state index contributed by atoms with van der Waals surface area (Å²) in [5.74, 6) is -0.790. The van der Waals surface area contributed by atoms with Crippen LogP contribution in [0.5, 0.6) is 5.75 Å². The smallest absolute Gasteiger partial charge is 0.305 e. The lowest BCUT2D eigenvalue weighted by atomic mass is 9.89. The SMILES string of the molecule is CCC(CC)(CC(=O)O)NC(=O)CCN1C(=O)COc2ccccc21. The number of nitrogens with one attached hydrogen (secondary N) is 1. The Labute approximate surface area is 147 Å². The first-order chi connectivity index (χ1) is 11.9. The number of carboxylic acids is 1. The number of benzene rings is 1. The third-order valence-electron chi connectivity index (χ3n) is 4.62. The molecule has 7 heteroatoms. The Kier molecular flexibility index (Phi) is 6.01. The van der Waals surface area contributed by atoms with Crippen LogP contribution in [0.4, 0.5) is 5.69 Å². The van der Waals surface area contributed by atoms with E-state index in [0.717, 1.165) is 0 Å². The molecule has 1 heterocycles. The lowest BCUT2D eigenvalue weighted by Gasteiger charge is -2.32. The molecule has 1 aromatic rings. The number of carbonyl (C=O) groups excluding carboxylic acids is 2.